The monoisotopic (exact) mass is 544 g/mol. The number of carbonyl (C=O) groups is 2. The molecule has 2 amide bonds. The highest BCUT2D eigenvalue weighted by Crippen LogP contribution is 2.21. The van der Waals surface area contributed by atoms with Crippen molar-refractivity contribution in [3.05, 3.63) is 89.5 Å². The van der Waals surface area contributed by atoms with E-state index in [0.29, 0.717) is 60.8 Å². The lowest BCUT2D eigenvalue weighted by Gasteiger charge is -2.32. The Bertz CT molecular complexity index is 1300. The molecule has 40 heavy (non-hydrogen) atoms. The van der Waals surface area contributed by atoms with Crippen molar-refractivity contribution in [2.45, 2.75) is 51.2 Å². The van der Waals surface area contributed by atoms with Gasteiger partial charge in [0.2, 0.25) is 0 Å². The Morgan fingerprint density at radius 1 is 1.07 bits per heavy atom. The second-order valence-corrected chi connectivity index (χ2v) is 9.68. The van der Waals surface area contributed by atoms with Gasteiger partial charge in [-0.05, 0) is 79.9 Å². The van der Waals surface area contributed by atoms with Gasteiger partial charge in [0.15, 0.2) is 0 Å². The highest BCUT2D eigenvalue weighted by molar-refractivity contribution is 5.96. The molecular formula is C31H33FN4O4. The molecule has 208 valence electrons. The Kier molecular flexibility index (Phi) is 10.1. The molecule has 0 spiro atoms. The molecule has 2 heterocycles. The maximum Gasteiger partial charge on any atom is 0.272 e. The number of nitrogens with one attached hydrogen (secondary N) is 1. The van der Waals surface area contributed by atoms with E-state index in [2.05, 4.69) is 16.4 Å². The quantitative estimate of drug-likeness (QED) is 0.335. The fraction of sp³-hybridized carbons (Fsp3) is 0.355. The minimum atomic E-state index is -0.304. The van der Waals surface area contributed by atoms with Gasteiger partial charge in [0.1, 0.15) is 29.1 Å². The number of halogens is 1. The zero-order valence-corrected chi connectivity index (χ0v) is 22.5. The second kappa shape index (κ2) is 14.1. The molecule has 9 heteroatoms. The molecule has 1 saturated heterocycles. The number of nitriles is 1. The van der Waals surface area contributed by atoms with E-state index in [1.807, 2.05) is 6.92 Å². The average Bonchev–Trinajstić information content (AvgIpc) is 3.00. The highest BCUT2D eigenvalue weighted by Gasteiger charge is 2.25. The van der Waals surface area contributed by atoms with Crippen molar-refractivity contribution in [3.63, 3.8) is 0 Å². The van der Waals surface area contributed by atoms with Gasteiger partial charge in [0.05, 0.1) is 23.3 Å². The van der Waals surface area contributed by atoms with Crippen molar-refractivity contribution >= 4 is 11.8 Å². The van der Waals surface area contributed by atoms with E-state index < -0.39 is 0 Å². The number of hydrogen-bond acceptors (Lipinski definition) is 6. The van der Waals surface area contributed by atoms with Gasteiger partial charge >= 0.3 is 0 Å². The van der Waals surface area contributed by atoms with Gasteiger partial charge < -0.3 is 19.7 Å². The number of nitrogens with zero attached hydrogens (tertiary/aromatic N) is 3. The molecule has 1 fully saturated rings. The van der Waals surface area contributed by atoms with Gasteiger partial charge in [-0.1, -0.05) is 6.92 Å². The average molecular weight is 545 g/mol. The SMILES string of the molecule is CCC(CCCNC(=O)c1ccc(C(=O)N2CCC(Oc3ccc(C#N)cc3)CC2)nc1)Oc1ccc(F)cc1. The lowest BCUT2D eigenvalue weighted by atomic mass is 10.1. The zero-order chi connectivity index (χ0) is 28.3. The van der Waals surface area contributed by atoms with E-state index in [1.165, 1.54) is 18.3 Å². The van der Waals surface area contributed by atoms with E-state index in [1.54, 1.807) is 53.4 Å². The first kappa shape index (κ1) is 28.6. The molecule has 4 rings (SSSR count). The second-order valence-electron chi connectivity index (χ2n) is 9.68. The number of carbonyl (C=O) groups excluding carboxylic acids is 2. The molecule has 1 atom stereocenters. The number of amides is 2. The largest absolute Gasteiger partial charge is 0.490 e. The molecule has 3 aromatic rings. The van der Waals surface area contributed by atoms with Crippen LogP contribution in [0.3, 0.4) is 0 Å². The summed E-state index contributed by atoms with van der Waals surface area (Å²) in [7, 11) is 0. The summed E-state index contributed by atoms with van der Waals surface area (Å²) in [5.74, 6) is 0.610. The smallest absolute Gasteiger partial charge is 0.272 e. The number of likely N-dealkylation sites (tertiary alicyclic amines) is 1. The van der Waals surface area contributed by atoms with Crippen LogP contribution in [0.15, 0.2) is 66.9 Å². The van der Waals surface area contributed by atoms with Crippen molar-refractivity contribution in [1.29, 1.82) is 5.26 Å². The van der Waals surface area contributed by atoms with E-state index in [4.69, 9.17) is 14.7 Å². The lowest BCUT2D eigenvalue weighted by Crippen LogP contribution is -2.42. The minimum Gasteiger partial charge on any atom is -0.490 e. The number of benzene rings is 2. The molecule has 8 nitrogen and oxygen atoms in total. The number of piperidine rings is 1. The summed E-state index contributed by atoms with van der Waals surface area (Å²) >= 11 is 0. The first-order valence-corrected chi connectivity index (χ1v) is 13.6. The van der Waals surface area contributed by atoms with E-state index >= 15 is 0 Å². The molecule has 0 saturated carbocycles. The number of hydrogen-bond donors (Lipinski definition) is 1. The van der Waals surface area contributed by atoms with Crippen molar-refractivity contribution in [3.8, 4) is 17.6 Å². The van der Waals surface area contributed by atoms with Crippen LogP contribution in [0, 0.1) is 17.1 Å². The fourth-order valence-electron chi connectivity index (χ4n) is 4.48. The van der Waals surface area contributed by atoms with Crippen molar-refractivity contribution < 1.29 is 23.5 Å². The van der Waals surface area contributed by atoms with Crippen LogP contribution in [0.2, 0.25) is 0 Å². The maximum absolute atomic E-state index is 13.1. The van der Waals surface area contributed by atoms with Crippen LogP contribution in [0.1, 0.15) is 65.4 Å². The van der Waals surface area contributed by atoms with Gasteiger partial charge in [-0.15, -0.1) is 0 Å². The van der Waals surface area contributed by atoms with Gasteiger partial charge in [0, 0.05) is 38.7 Å². The summed E-state index contributed by atoms with van der Waals surface area (Å²) in [6.07, 6.45) is 5.05. The molecule has 1 aliphatic heterocycles. The Labute approximate surface area is 233 Å². The van der Waals surface area contributed by atoms with Crippen LogP contribution in [0.5, 0.6) is 11.5 Å². The highest BCUT2D eigenvalue weighted by atomic mass is 19.1. The molecule has 0 aliphatic carbocycles. The molecule has 0 radical (unpaired) electrons. The topological polar surface area (TPSA) is 105 Å². The van der Waals surface area contributed by atoms with Crippen molar-refractivity contribution in [2.24, 2.45) is 0 Å². The van der Waals surface area contributed by atoms with Gasteiger partial charge in [-0.25, -0.2) is 4.39 Å². The van der Waals surface area contributed by atoms with Crippen molar-refractivity contribution in [2.75, 3.05) is 19.6 Å². The standard InChI is InChI=1S/C31H33FN4O4/c1-2-25(39-27-12-8-24(32)9-13-27)4-3-17-34-30(37)23-7-14-29(35-21-23)31(38)36-18-15-28(16-19-36)40-26-10-5-22(20-33)6-11-26/h5-14,21,25,28H,2-4,15-19H2,1H3,(H,34,37). The van der Waals surface area contributed by atoms with Gasteiger partial charge in [0.25, 0.3) is 11.8 Å². The van der Waals surface area contributed by atoms with Crippen LogP contribution in [-0.2, 0) is 0 Å². The fourth-order valence-corrected chi connectivity index (χ4v) is 4.48. The van der Waals surface area contributed by atoms with Crippen LogP contribution >= 0.6 is 0 Å². The summed E-state index contributed by atoms with van der Waals surface area (Å²) in [4.78, 5) is 31.5. The van der Waals surface area contributed by atoms with E-state index in [0.717, 1.165) is 19.3 Å². The predicted molar refractivity (Wildman–Crippen MR) is 148 cm³/mol. The van der Waals surface area contributed by atoms with Crippen LogP contribution in [-0.4, -0.2) is 53.5 Å². The number of aromatic nitrogens is 1. The molecule has 2 aromatic carbocycles. The number of rotatable bonds is 11. The summed E-state index contributed by atoms with van der Waals surface area (Å²) in [5, 5.41) is 11.8. The molecule has 1 aromatic heterocycles. The Balaban J connectivity index is 1.18. The van der Waals surface area contributed by atoms with E-state index in [9.17, 15) is 14.0 Å². The summed E-state index contributed by atoms with van der Waals surface area (Å²) in [5.41, 5.74) is 1.27. The third kappa shape index (κ3) is 8.03. The van der Waals surface area contributed by atoms with Crippen molar-refractivity contribution in [1.82, 2.24) is 15.2 Å². The first-order valence-electron chi connectivity index (χ1n) is 13.6. The summed E-state index contributed by atoms with van der Waals surface area (Å²) in [6.45, 7) is 3.59. The Morgan fingerprint density at radius 2 is 1.77 bits per heavy atom. The number of ether oxygens (including phenoxy) is 2. The van der Waals surface area contributed by atoms with E-state index in [-0.39, 0.29) is 29.8 Å². The minimum absolute atomic E-state index is 0.00176. The summed E-state index contributed by atoms with van der Waals surface area (Å²) in [6, 6.07) is 18.2. The number of pyridine rings is 1. The summed E-state index contributed by atoms with van der Waals surface area (Å²) < 4.78 is 25.0. The normalized spacial score (nSPS) is 14.2. The predicted octanol–water partition coefficient (Wildman–Crippen LogP) is 5.14. The van der Waals surface area contributed by atoms with Crippen LogP contribution in [0.25, 0.3) is 0 Å². The third-order valence-electron chi connectivity index (χ3n) is 6.82. The van der Waals surface area contributed by atoms with Crippen LogP contribution < -0.4 is 14.8 Å². The first-order chi connectivity index (χ1) is 19.4. The Hall–Kier alpha value is -4.45. The molecule has 1 N–H and O–H groups in total. The Morgan fingerprint density at radius 3 is 2.40 bits per heavy atom. The molecule has 1 unspecified atom stereocenters. The molecule has 1 aliphatic rings. The van der Waals surface area contributed by atoms with Gasteiger partial charge in [-0.3, -0.25) is 14.6 Å². The maximum atomic E-state index is 13.1. The van der Waals surface area contributed by atoms with Gasteiger partial charge in [-0.2, -0.15) is 5.26 Å². The lowest BCUT2D eigenvalue weighted by molar-refractivity contribution is 0.0589. The third-order valence-corrected chi connectivity index (χ3v) is 6.82. The molecule has 0 bridgehead atoms. The molecular weight excluding hydrogens is 511 g/mol. The van der Waals surface area contributed by atoms with Crippen LogP contribution in [0.4, 0.5) is 4.39 Å². The zero-order valence-electron chi connectivity index (χ0n) is 22.5.